The lowest BCUT2D eigenvalue weighted by Gasteiger charge is -2.29. The zero-order valence-corrected chi connectivity index (χ0v) is 7.28. The van der Waals surface area contributed by atoms with Gasteiger partial charge in [-0.15, -0.1) is 0 Å². The summed E-state index contributed by atoms with van der Waals surface area (Å²) < 4.78 is 5.28. The van der Waals surface area contributed by atoms with Gasteiger partial charge in [-0.25, -0.2) is 0 Å². The molecular formula is C8H12N2O3. The van der Waals surface area contributed by atoms with Gasteiger partial charge in [0.15, 0.2) is 6.23 Å². The molecule has 1 atom stereocenters. The van der Waals surface area contributed by atoms with Crippen molar-refractivity contribution in [2.24, 2.45) is 0 Å². The van der Waals surface area contributed by atoms with Crippen molar-refractivity contribution < 1.29 is 14.3 Å². The molecule has 0 aromatic rings. The number of nitrogens with zero attached hydrogens (tertiary/aromatic N) is 1. The van der Waals surface area contributed by atoms with Crippen molar-refractivity contribution in [2.75, 3.05) is 26.2 Å². The molecule has 0 aromatic heterocycles. The van der Waals surface area contributed by atoms with Crippen LogP contribution in [0.1, 0.15) is 6.42 Å². The molecule has 2 saturated heterocycles. The summed E-state index contributed by atoms with van der Waals surface area (Å²) in [6.07, 6.45) is -0.00662. The van der Waals surface area contributed by atoms with Crippen LogP contribution in [0.25, 0.3) is 0 Å². The Morgan fingerprint density at radius 3 is 2.92 bits per heavy atom. The van der Waals surface area contributed by atoms with Gasteiger partial charge in [0.05, 0.1) is 13.2 Å². The number of carbonyl (C=O) groups is 2. The molecule has 1 N–H and O–H groups in total. The second-order valence-corrected chi connectivity index (χ2v) is 3.27. The van der Waals surface area contributed by atoms with Gasteiger partial charge < -0.3 is 10.1 Å². The Labute approximate surface area is 76.0 Å². The van der Waals surface area contributed by atoms with Crippen LogP contribution >= 0.6 is 0 Å². The number of likely N-dealkylation sites (tertiary alicyclic amines) is 1. The van der Waals surface area contributed by atoms with Crippen LogP contribution in [0.5, 0.6) is 0 Å². The van der Waals surface area contributed by atoms with Crippen molar-refractivity contribution in [3.63, 3.8) is 0 Å². The Kier molecular flexibility index (Phi) is 2.28. The molecular weight excluding hydrogens is 172 g/mol. The van der Waals surface area contributed by atoms with E-state index >= 15 is 0 Å². The van der Waals surface area contributed by atoms with Crippen molar-refractivity contribution in [2.45, 2.75) is 12.6 Å². The summed E-state index contributed by atoms with van der Waals surface area (Å²) in [5.74, 6) is 0.0583. The first-order valence-corrected chi connectivity index (χ1v) is 4.42. The monoisotopic (exact) mass is 184 g/mol. The van der Waals surface area contributed by atoms with Crippen LogP contribution in [0.4, 0.5) is 0 Å². The SMILES string of the molecule is O=C1CCN(C2OCCNC2=O)C1. The molecule has 5 nitrogen and oxygen atoms in total. The smallest absolute Gasteiger partial charge is 0.264 e. The number of morpholine rings is 1. The molecule has 0 radical (unpaired) electrons. The van der Waals surface area contributed by atoms with Crippen molar-refractivity contribution in [3.05, 3.63) is 0 Å². The maximum Gasteiger partial charge on any atom is 0.264 e. The second-order valence-electron chi connectivity index (χ2n) is 3.27. The molecule has 2 rings (SSSR count). The zero-order chi connectivity index (χ0) is 9.26. The van der Waals surface area contributed by atoms with Crippen LogP contribution in [0.2, 0.25) is 0 Å². The maximum atomic E-state index is 11.3. The number of ether oxygens (including phenoxy) is 1. The van der Waals surface area contributed by atoms with Gasteiger partial charge >= 0.3 is 0 Å². The van der Waals surface area contributed by atoms with E-state index in [1.165, 1.54) is 0 Å². The van der Waals surface area contributed by atoms with Crippen LogP contribution in [0, 0.1) is 0 Å². The third-order valence-corrected chi connectivity index (χ3v) is 2.29. The first-order chi connectivity index (χ1) is 6.27. The Hall–Kier alpha value is -0.940. The first kappa shape index (κ1) is 8.65. The maximum absolute atomic E-state index is 11.3. The molecule has 0 bridgehead atoms. The van der Waals surface area contributed by atoms with E-state index < -0.39 is 6.23 Å². The number of hydrogen-bond donors (Lipinski definition) is 1. The standard InChI is InChI=1S/C8H12N2O3/c11-6-1-3-10(5-6)8-7(12)9-2-4-13-8/h8H,1-5H2,(H,9,12). The average molecular weight is 184 g/mol. The van der Waals surface area contributed by atoms with Gasteiger partial charge in [-0.1, -0.05) is 0 Å². The highest BCUT2D eigenvalue weighted by Gasteiger charge is 2.33. The van der Waals surface area contributed by atoms with E-state index in [1.54, 1.807) is 4.90 Å². The number of Topliss-reactive ketones (excluding diaryl/α,β-unsaturated/α-hetero) is 1. The van der Waals surface area contributed by atoms with Gasteiger partial charge in [0.25, 0.3) is 5.91 Å². The van der Waals surface area contributed by atoms with E-state index in [2.05, 4.69) is 5.32 Å². The highest BCUT2D eigenvalue weighted by Crippen LogP contribution is 2.11. The van der Waals surface area contributed by atoms with E-state index in [1.807, 2.05) is 0 Å². The molecule has 2 heterocycles. The lowest BCUT2D eigenvalue weighted by Crippen LogP contribution is -2.52. The summed E-state index contributed by atoms with van der Waals surface area (Å²) in [4.78, 5) is 24.0. The zero-order valence-electron chi connectivity index (χ0n) is 7.28. The quantitative estimate of drug-likeness (QED) is 0.552. The minimum absolute atomic E-state index is 0.124. The Morgan fingerprint density at radius 1 is 1.46 bits per heavy atom. The summed E-state index contributed by atoms with van der Waals surface area (Å²) in [6.45, 7) is 2.08. The minimum atomic E-state index is -0.541. The number of carbonyl (C=O) groups excluding carboxylic acids is 2. The molecule has 5 heteroatoms. The first-order valence-electron chi connectivity index (χ1n) is 4.42. The number of amides is 1. The lowest BCUT2D eigenvalue weighted by molar-refractivity contribution is -0.152. The number of hydrogen-bond acceptors (Lipinski definition) is 4. The second kappa shape index (κ2) is 3.43. The van der Waals surface area contributed by atoms with Crippen LogP contribution in [0.3, 0.4) is 0 Å². The third kappa shape index (κ3) is 1.71. The normalized spacial score (nSPS) is 30.6. The predicted molar refractivity (Wildman–Crippen MR) is 43.9 cm³/mol. The van der Waals surface area contributed by atoms with Crippen LogP contribution < -0.4 is 5.32 Å². The van der Waals surface area contributed by atoms with Crippen LogP contribution in [0.15, 0.2) is 0 Å². The van der Waals surface area contributed by atoms with E-state index in [9.17, 15) is 9.59 Å². The number of rotatable bonds is 1. The molecule has 72 valence electrons. The summed E-state index contributed by atoms with van der Waals surface area (Å²) in [7, 11) is 0. The van der Waals surface area contributed by atoms with E-state index in [-0.39, 0.29) is 11.7 Å². The summed E-state index contributed by atoms with van der Waals surface area (Å²) >= 11 is 0. The van der Waals surface area contributed by atoms with Gasteiger partial charge in [0, 0.05) is 19.5 Å². The molecule has 0 spiro atoms. The fourth-order valence-electron chi connectivity index (χ4n) is 1.63. The molecule has 2 aliphatic rings. The van der Waals surface area contributed by atoms with Crippen molar-refractivity contribution in [1.82, 2.24) is 10.2 Å². The fraction of sp³-hybridized carbons (Fsp3) is 0.750. The molecule has 13 heavy (non-hydrogen) atoms. The summed E-state index contributed by atoms with van der Waals surface area (Å²) in [5.41, 5.74) is 0. The topological polar surface area (TPSA) is 58.6 Å². The minimum Gasteiger partial charge on any atom is -0.352 e. The average Bonchev–Trinajstić information content (AvgIpc) is 2.53. The molecule has 0 aromatic carbocycles. The Bertz CT molecular complexity index is 242. The number of nitrogens with one attached hydrogen (secondary N) is 1. The highest BCUT2D eigenvalue weighted by molar-refractivity contribution is 5.85. The summed E-state index contributed by atoms with van der Waals surface area (Å²) in [6, 6.07) is 0. The Balaban J connectivity index is 1.98. The predicted octanol–water partition coefficient (Wildman–Crippen LogP) is -1.27. The Morgan fingerprint density at radius 2 is 2.31 bits per heavy atom. The largest absolute Gasteiger partial charge is 0.352 e. The molecule has 1 amide bonds. The lowest BCUT2D eigenvalue weighted by atomic mass is 10.4. The molecule has 2 fully saturated rings. The van der Waals surface area contributed by atoms with Gasteiger partial charge in [-0.3, -0.25) is 14.5 Å². The van der Waals surface area contributed by atoms with Crippen molar-refractivity contribution in [1.29, 1.82) is 0 Å². The van der Waals surface area contributed by atoms with Crippen LogP contribution in [-0.4, -0.2) is 49.1 Å². The van der Waals surface area contributed by atoms with Gasteiger partial charge in [-0.05, 0) is 0 Å². The molecule has 0 aliphatic carbocycles. The van der Waals surface area contributed by atoms with E-state index in [4.69, 9.17) is 4.74 Å². The number of ketones is 1. The van der Waals surface area contributed by atoms with E-state index in [0.717, 1.165) is 0 Å². The van der Waals surface area contributed by atoms with Gasteiger partial charge in [0.1, 0.15) is 5.78 Å². The molecule has 2 aliphatic heterocycles. The summed E-state index contributed by atoms with van der Waals surface area (Å²) in [5, 5.41) is 2.71. The highest BCUT2D eigenvalue weighted by atomic mass is 16.5. The van der Waals surface area contributed by atoms with Crippen molar-refractivity contribution in [3.8, 4) is 0 Å². The van der Waals surface area contributed by atoms with Crippen LogP contribution in [-0.2, 0) is 14.3 Å². The molecule has 0 saturated carbocycles. The third-order valence-electron chi connectivity index (χ3n) is 2.29. The van der Waals surface area contributed by atoms with Crippen molar-refractivity contribution >= 4 is 11.7 Å². The van der Waals surface area contributed by atoms with Gasteiger partial charge in [-0.2, -0.15) is 0 Å². The van der Waals surface area contributed by atoms with E-state index in [0.29, 0.717) is 32.7 Å². The molecule has 1 unspecified atom stereocenters. The van der Waals surface area contributed by atoms with Gasteiger partial charge in [0.2, 0.25) is 0 Å². The fourth-order valence-corrected chi connectivity index (χ4v) is 1.63.